The largest absolute Gasteiger partial charge is 0.330 e. The van der Waals surface area contributed by atoms with Crippen LogP contribution >= 0.6 is 39.0 Å². The van der Waals surface area contributed by atoms with Gasteiger partial charge >= 0.3 is 0 Å². The third kappa shape index (κ3) is 3.55. The van der Waals surface area contributed by atoms with Gasteiger partial charge in [-0.15, -0.1) is 11.3 Å². The molecule has 0 radical (unpaired) electrons. The van der Waals surface area contributed by atoms with E-state index in [0.717, 1.165) is 20.9 Å². The molecule has 0 saturated heterocycles. The molecule has 1 aromatic carbocycles. The Hall–Kier alpha value is -0.360. The maximum absolute atomic E-state index is 5.55. The van der Waals surface area contributed by atoms with E-state index in [9.17, 15) is 0 Å². The van der Waals surface area contributed by atoms with Crippen molar-refractivity contribution in [2.24, 2.45) is 5.73 Å². The lowest BCUT2D eigenvalue weighted by molar-refractivity contribution is 0.965. The van der Waals surface area contributed by atoms with Crippen LogP contribution in [0.5, 0.6) is 0 Å². The van der Waals surface area contributed by atoms with Crippen molar-refractivity contribution in [1.82, 2.24) is 4.98 Å². The molecule has 0 saturated carbocycles. The molecule has 0 aliphatic rings. The third-order valence-corrected chi connectivity index (χ3v) is 5.28. The summed E-state index contributed by atoms with van der Waals surface area (Å²) in [5.41, 5.74) is 7.89. The number of hydrogen-bond donors (Lipinski definition) is 1. The van der Waals surface area contributed by atoms with E-state index in [1.54, 1.807) is 23.1 Å². The van der Waals surface area contributed by atoms with Gasteiger partial charge in [0.15, 0.2) is 4.34 Å². The van der Waals surface area contributed by atoms with E-state index in [1.165, 1.54) is 10.5 Å². The highest BCUT2D eigenvalue weighted by Crippen LogP contribution is 2.35. The molecule has 0 spiro atoms. The highest BCUT2D eigenvalue weighted by Gasteiger charge is 2.06. The lowest BCUT2D eigenvalue weighted by atomic mass is 10.2. The van der Waals surface area contributed by atoms with Gasteiger partial charge in [0.2, 0.25) is 0 Å². The number of nitrogens with two attached hydrogens (primary N) is 1. The van der Waals surface area contributed by atoms with E-state index in [1.807, 2.05) is 6.92 Å². The fraction of sp³-hybridized carbons (Fsp3) is 0.250. The van der Waals surface area contributed by atoms with Crippen LogP contribution in [0.4, 0.5) is 0 Å². The van der Waals surface area contributed by atoms with Crippen molar-refractivity contribution in [2.75, 3.05) is 6.54 Å². The molecule has 1 heterocycles. The molecule has 0 fully saturated rings. The second kappa shape index (κ2) is 6.00. The van der Waals surface area contributed by atoms with Crippen LogP contribution < -0.4 is 5.73 Å². The predicted octanol–water partition coefficient (Wildman–Crippen LogP) is 3.87. The summed E-state index contributed by atoms with van der Waals surface area (Å²) in [6, 6.07) is 6.38. The van der Waals surface area contributed by atoms with Crippen LogP contribution in [0.1, 0.15) is 11.3 Å². The SMILES string of the molecule is Cc1csc(Sc2ccc(CCN)cc2Br)n1. The van der Waals surface area contributed by atoms with Crippen molar-refractivity contribution >= 4 is 39.0 Å². The minimum atomic E-state index is 0.685. The van der Waals surface area contributed by atoms with Crippen LogP contribution in [0.15, 0.2) is 37.3 Å². The average Bonchev–Trinajstić information content (AvgIpc) is 2.69. The van der Waals surface area contributed by atoms with Crippen LogP contribution in [-0.2, 0) is 6.42 Å². The first-order valence-electron chi connectivity index (χ1n) is 5.27. The maximum atomic E-state index is 5.55. The number of halogens is 1. The van der Waals surface area contributed by atoms with Gasteiger partial charge in [-0.2, -0.15) is 0 Å². The lowest BCUT2D eigenvalue weighted by Crippen LogP contribution is -2.02. The Morgan fingerprint density at radius 2 is 2.29 bits per heavy atom. The number of benzene rings is 1. The molecule has 0 amide bonds. The van der Waals surface area contributed by atoms with Crippen molar-refractivity contribution in [2.45, 2.75) is 22.6 Å². The Labute approximate surface area is 118 Å². The van der Waals surface area contributed by atoms with Gasteiger partial charge in [-0.05, 0) is 53.5 Å². The Bertz CT molecular complexity index is 511. The molecule has 0 bridgehead atoms. The highest BCUT2D eigenvalue weighted by molar-refractivity contribution is 9.10. The summed E-state index contributed by atoms with van der Waals surface area (Å²) in [5, 5.41) is 2.07. The first kappa shape index (κ1) is 13.1. The van der Waals surface area contributed by atoms with Gasteiger partial charge in [-0.25, -0.2) is 4.98 Å². The van der Waals surface area contributed by atoms with E-state index in [-0.39, 0.29) is 0 Å². The van der Waals surface area contributed by atoms with Gasteiger partial charge in [0.05, 0.1) is 0 Å². The van der Waals surface area contributed by atoms with Gasteiger partial charge in [0.1, 0.15) is 0 Å². The molecule has 17 heavy (non-hydrogen) atoms. The van der Waals surface area contributed by atoms with Gasteiger partial charge in [0, 0.05) is 20.4 Å². The van der Waals surface area contributed by atoms with Crippen molar-refractivity contribution in [3.05, 3.63) is 39.3 Å². The van der Waals surface area contributed by atoms with E-state index in [2.05, 4.69) is 44.5 Å². The maximum Gasteiger partial charge on any atom is 0.154 e. The standard InChI is InChI=1S/C12H13BrN2S2/c1-8-7-16-12(15-8)17-11-3-2-9(4-5-14)6-10(11)13/h2-3,6-7H,4-5,14H2,1H3. The molecule has 1 aromatic heterocycles. The minimum Gasteiger partial charge on any atom is -0.330 e. The quantitative estimate of drug-likeness (QED) is 0.925. The number of nitrogens with zero attached hydrogens (tertiary/aromatic N) is 1. The molecule has 0 aliphatic heterocycles. The second-order valence-electron chi connectivity index (χ2n) is 3.66. The molecule has 0 aliphatic carbocycles. The smallest absolute Gasteiger partial charge is 0.154 e. The molecule has 2 nitrogen and oxygen atoms in total. The summed E-state index contributed by atoms with van der Waals surface area (Å²) >= 11 is 6.97. The Kier molecular flexibility index (Phi) is 4.62. The first-order valence-corrected chi connectivity index (χ1v) is 7.76. The van der Waals surface area contributed by atoms with Crippen molar-refractivity contribution in [3.8, 4) is 0 Å². The molecule has 0 unspecified atom stereocenters. The molecule has 2 aromatic rings. The van der Waals surface area contributed by atoms with Crippen LogP contribution in [0.2, 0.25) is 0 Å². The first-order chi connectivity index (χ1) is 8.19. The Morgan fingerprint density at radius 1 is 1.47 bits per heavy atom. The van der Waals surface area contributed by atoms with E-state index in [0.29, 0.717) is 6.54 Å². The number of aryl methyl sites for hydroxylation is 1. The van der Waals surface area contributed by atoms with Crippen molar-refractivity contribution in [1.29, 1.82) is 0 Å². The average molecular weight is 329 g/mol. The molecule has 90 valence electrons. The number of hydrogen-bond acceptors (Lipinski definition) is 4. The summed E-state index contributed by atoms with van der Waals surface area (Å²) in [6.07, 6.45) is 0.917. The number of thiazole rings is 1. The minimum absolute atomic E-state index is 0.685. The fourth-order valence-electron chi connectivity index (χ4n) is 1.42. The van der Waals surface area contributed by atoms with Crippen LogP contribution in [-0.4, -0.2) is 11.5 Å². The van der Waals surface area contributed by atoms with Crippen molar-refractivity contribution < 1.29 is 0 Å². The van der Waals surface area contributed by atoms with Crippen molar-refractivity contribution in [3.63, 3.8) is 0 Å². The summed E-state index contributed by atoms with van der Waals surface area (Å²) < 4.78 is 2.19. The zero-order valence-electron chi connectivity index (χ0n) is 9.44. The summed E-state index contributed by atoms with van der Waals surface area (Å²) in [7, 11) is 0. The molecule has 0 atom stereocenters. The van der Waals surface area contributed by atoms with Crippen LogP contribution in [0.25, 0.3) is 0 Å². The van der Waals surface area contributed by atoms with E-state index < -0.39 is 0 Å². The second-order valence-corrected chi connectivity index (χ2v) is 6.66. The summed E-state index contributed by atoms with van der Waals surface area (Å²) in [5.74, 6) is 0. The Morgan fingerprint density at radius 3 is 2.88 bits per heavy atom. The van der Waals surface area contributed by atoms with Crippen LogP contribution in [0, 0.1) is 6.92 Å². The van der Waals surface area contributed by atoms with E-state index in [4.69, 9.17) is 5.73 Å². The van der Waals surface area contributed by atoms with E-state index >= 15 is 0 Å². The lowest BCUT2D eigenvalue weighted by Gasteiger charge is -2.04. The molecule has 2 N–H and O–H groups in total. The predicted molar refractivity (Wildman–Crippen MR) is 77.9 cm³/mol. The molecule has 5 heteroatoms. The molecule has 2 rings (SSSR count). The third-order valence-electron chi connectivity index (χ3n) is 2.22. The topological polar surface area (TPSA) is 38.9 Å². The van der Waals surface area contributed by atoms with Gasteiger partial charge in [-0.3, -0.25) is 0 Å². The number of rotatable bonds is 4. The van der Waals surface area contributed by atoms with Gasteiger partial charge < -0.3 is 5.73 Å². The molecular formula is C12H13BrN2S2. The van der Waals surface area contributed by atoms with Gasteiger partial charge in [-0.1, -0.05) is 17.8 Å². The highest BCUT2D eigenvalue weighted by atomic mass is 79.9. The zero-order chi connectivity index (χ0) is 12.3. The Balaban J connectivity index is 2.16. The summed E-state index contributed by atoms with van der Waals surface area (Å²) in [4.78, 5) is 5.64. The normalized spacial score (nSPS) is 10.8. The zero-order valence-corrected chi connectivity index (χ0v) is 12.7. The number of aromatic nitrogens is 1. The fourth-order valence-corrected chi connectivity index (χ4v) is 3.89. The van der Waals surface area contributed by atoms with Crippen LogP contribution in [0.3, 0.4) is 0 Å². The monoisotopic (exact) mass is 328 g/mol. The molecular weight excluding hydrogens is 316 g/mol. The summed E-state index contributed by atoms with van der Waals surface area (Å²) in [6.45, 7) is 2.70. The van der Waals surface area contributed by atoms with Gasteiger partial charge in [0.25, 0.3) is 0 Å².